The molecule has 3 heterocycles. The van der Waals surface area contributed by atoms with E-state index in [2.05, 4.69) is 37.6 Å². The molecular weight excluding hydrogens is 342 g/mol. The number of hydrogen-bond donors (Lipinski definition) is 2. The zero-order valence-electron chi connectivity index (χ0n) is 16.0. The summed E-state index contributed by atoms with van der Waals surface area (Å²) < 4.78 is 0. The quantitative estimate of drug-likeness (QED) is 0.859. The molecule has 27 heavy (non-hydrogen) atoms. The number of carbonyl (C=O) groups is 1. The molecule has 8 heteroatoms. The number of aromatic nitrogens is 3. The van der Waals surface area contributed by atoms with E-state index in [0.717, 1.165) is 69.7 Å². The summed E-state index contributed by atoms with van der Waals surface area (Å²) in [6.45, 7) is 6.43. The van der Waals surface area contributed by atoms with E-state index in [9.17, 15) is 4.79 Å². The number of H-pyrrole nitrogens is 1. The van der Waals surface area contributed by atoms with Crippen LogP contribution in [0.5, 0.6) is 0 Å². The van der Waals surface area contributed by atoms with Gasteiger partial charge in [0.15, 0.2) is 0 Å². The van der Waals surface area contributed by atoms with Crippen molar-refractivity contribution in [3.8, 4) is 0 Å². The molecule has 1 atom stereocenters. The van der Waals surface area contributed by atoms with E-state index >= 15 is 0 Å². The van der Waals surface area contributed by atoms with E-state index in [1.807, 2.05) is 23.1 Å². The number of nitrogens with zero attached hydrogens (tertiary/aromatic N) is 5. The third-order valence-corrected chi connectivity index (χ3v) is 5.85. The molecule has 1 aromatic heterocycles. The Morgan fingerprint density at radius 3 is 2.89 bits per heavy atom. The van der Waals surface area contributed by atoms with E-state index < -0.39 is 0 Å². The number of amides is 2. The second-order valence-electron chi connectivity index (χ2n) is 7.70. The Hall–Kier alpha value is -2.19. The van der Waals surface area contributed by atoms with Crippen LogP contribution < -0.4 is 5.32 Å². The molecule has 146 valence electrons. The van der Waals surface area contributed by atoms with Gasteiger partial charge in [0.05, 0.1) is 5.69 Å². The predicted molar refractivity (Wildman–Crippen MR) is 106 cm³/mol. The number of para-hydroxylation sites is 1. The van der Waals surface area contributed by atoms with E-state index in [1.54, 1.807) is 0 Å². The number of hydrogen-bond acceptors (Lipinski definition) is 5. The number of aromatic amines is 1. The van der Waals surface area contributed by atoms with Crippen LogP contribution in [0.1, 0.15) is 25.7 Å². The van der Waals surface area contributed by atoms with Crippen LogP contribution in [0.25, 0.3) is 11.0 Å². The number of piperazine rings is 1. The number of nitrogens with one attached hydrogen (secondary N) is 2. The highest BCUT2D eigenvalue weighted by molar-refractivity contribution is 5.98. The first-order valence-electron chi connectivity index (χ1n) is 9.99. The van der Waals surface area contributed by atoms with Gasteiger partial charge < -0.3 is 20.0 Å². The summed E-state index contributed by atoms with van der Waals surface area (Å²) in [6, 6.07) is 5.95. The zero-order valence-corrected chi connectivity index (χ0v) is 16.0. The largest absolute Gasteiger partial charge is 0.322 e. The van der Waals surface area contributed by atoms with Gasteiger partial charge in [-0.05, 0) is 44.9 Å². The summed E-state index contributed by atoms with van der Waals surface area (Å²) in [5.41, 5.74) is 2.18. The van der Waals surface area contributed by atoms with Gasteiger partial charge in [0.2, 0.25) is 0 Å². The average molecular weight is 371 g/mol. The van der Waals surface area contributed by atoms with Crippen molar-refractivity contribution in [3.05, 3.63) is 18.2 Å². The molecule has 1 aromatic carbocycles. The summed E-state index contributed by atoms with van der Waals surface area (Å²) in [4.78, 5) is 19.9. The molecule has 4 rings (SSSR count). The molecule has 2 aliphatic rings. The summed E-state index contributed by atoms with van der Waals surface area (Å²) in [5.74, 6) is 0. The molecule has 0 bridgehead atoms. The molecule has 2 N–H and O–H groups in total. The smallest absolute Gasteiger partial charge is 0.322 e. The second-order valence-corrected chi connectivity index (χ2v) is 7.70. The lowest BCUT2D eigenvalue weighted by Gasteiger charge is -2.38. The molecule has 2 saturated heterocycles. The lowest BCUT2D eigenvalue weighted by Crippen LogP contribution is -2.49. The van der Waals surface area contributed by atoms with E-state index in [1.165, 1.54) is 6.42 Å². The number of urea groups is 1. The molecule has 2 amide bonds. The van der Waals surface area contributed by atoms with Crippen molar-refractivity contribution < 1.29 is 4.79 Å². The molecule has 2 fully saturated rings. The third kappa shape index (κ3) is 4.22. The molecule has 0 spiro atoms. The van der Waals surface area contributed by atoms with Gasteiger partial charge in [-0.25, -0.2) is 4.79 Å². The highest BCUT2D eigenvalue weighted by Crippen LogP contribution is 2.24. The first-order valence-corrected chi connectivity index (χ1v) is 9.99. The fourth-order valence-corrected chi connectivity index (χ4v) is 4.13. The first kappa shape index (κ1) is 18.2. The van der Waals surface area contributed by atoms with E-state index in [4.69, 9.17) is 0 Å². The van der Waals surface area contributed by atoms with Gasteiger partial charge in [-0.2, -0.15) is 15.4 Å². The third-order valence-electron chi connectivity index (χ3n) is 5.85. The van der Waals surface area contributed by atoms with Crippen molar-refractivity contribution in [2.75, 3.05) is 51.6 Å². The lowest BCUT2D eigenvalue weighted by molar-refractivity contribution is 0.122. The summed E-state index contributed by atoms with van der Waals surface area (Å²) in [6.07, 6.45) is 4.42. The number of anilines is 1. The Balaban J connectivity index is 1.38. The van der Waals surface area contributed by atoms with Crippen LogP contribution in [0.4, 0.5) is 10.5 Å². The van der Waals surface area contributed by atoms with Gasteiger partial charge >= 0.3 is 6.03 Å². The van der Waals surface area contributed by atoms with E-state index in [0.29, 0.717) is 11.6 Å². The van der Waals surface area contributed by atoms with Crippen LogP contribution in [0.15, 0.2) is 18.2 Å². The number of likely N-dealkylation sites (N-methyl/N-ethyl adjacent to an activating group) is 1. The molecule has 2 aliphatic heterocycles. The minimum Gasteiger partial charge on any atom is -0.322 e. The highest BCUT2D eigenvalue weighted by Gasteiger charge is 2.28. The summed E-state index contributed by atoms with van der Waals surface area (Å²) >= 11 is 0. The number of rotatable bonds is 4. The fraction of sp³-hybridized carbons (Fsp3) is 0.632. The Labute approximate surface area is 159 Å². The first-order chi connectivity index (χ1) is 13.2. The van der Waals surface area contributed by atoms with Gasteiger partial charge in [-0.15, -0.1) is 0 Å². The summed E-state index contributed by atoms with van der Waals surface area (Å²) in [7, 11) is 2.18. The molecule has 1 unspecified atom stereocenters. The minimum absolute atomic E-state index is 0.0198. The van der Waals surface area contributed by atoms with Gasteiger partial charge in [-0.1, -0.05) is 6.07 Å². The minimum atomic E-state index is -0.0198. The Morgan fingerprint density at radius 2 is 2.04 bits per heavy atom. The Kier molecular flexibility index (Phi) is 5.54. The average Bonchev–Trinajstić information content (AvgIpc) is 3.18. The van der Waals surface area contributed by atoms with Gasteiger partial charge in [0.1, 0.15) is 11.0 Å². The number of benzene rings is 1. The van der Waals surface area contributed by atoms with Crippen molar-refractivity contribution in [3.63, 3.8) is 0 Å². The summed E-state index contributed by atoms with van der Waals surface area (Å²) in [5, 5.41) is 13.9. The standard InChI is InChI=1S/C19H29N7O/c1-24-11-13-25(14-12-24)10-8-15-5-2-3-9-26(15)19(27)20-16-6-4-7-17-18(16)22-23-21-17/h4,6-7,15H,2-3,5,8-14H2,1H3,(H,20,27)(H,21,22,23). The SMILES string of the molecule is CN1CCN(CCC2CCCCN2C(=O)Nc2cccc3n[nH]nc23)CC1. The Bertz CT molecular complexity index is 768. The lowest BCUT2D eigenvalue weighted by atomic mass is 9.99. The van der Waals surface area contributed by atoms with Crippen LogP contribution in [0.2, 0.25) is 0 Å². The van der Waals surface area contributed by atoms with Gasteiger partial charge in [-0.3, -0.25) is 0 Å². The van der Waals surface area contributed by atoms with Gasteiger partial charge in [0.25, 0.3) is 0 Å². The van der Waals surface area contributed by atoms with Crippen molar-refractivity contribution >= 4 is 22.8 Å². The normalized spacial score (nSPS) is 22.3. The molecule has 8 nitrogen and oxygen atoms in total. The molecule has 0 saturated carbocycles. The van der Waals surface area contributed by atoms with Crippen molar-refractivity contribution in [1.82, 2.24) is 30.1 Å². The van der Waals surface area contributed by atoms with E-state index in [-0.39, 0.29) is 6.03 Å². The van der Waals surface area contributed by atoms with Crippen molar-refractivity contribution in [1.29, 1.82) is 0 Å². The number of carbonyl (C=O) groups excluding carboxylic acids is 1. The van der Waals surface area contributed by atoms with Crippen molar-refractivity contribution in [2.45, 2.75) is 31.7 Å². The molecular formula is C19H29N7O. The van der Waals surface area contributed by atoms with Crippen LogP contribution in [-0.2, 0) is 0 Å². The molecule has 0 radical (unpaired) electrons. The van der Waals surface area contributed by atoms with Gasteiger partial charge in [0, 0.05) is 45.3 Å². The van der Waals surface area contributed by atoms with Crippen LogP contribution in [0.3, 0.4) is 0 Å². The Morgan fingerprint density at radius 1 is 1.19 bits per heavy atom. The molecule has 2 aromatic rings. The topological polar surface area (TPSA) is 80.4 Å². The maximum Gasteiger partial charge on any atom is 0.322 e. The fourth-order valence-electron chi connectivity index (χ4n) is 4.13. The van der Waals surface area contributed by atoms with Crippen molar-refractivity contribution in [2.24, 2.45) is 0 Å². The highest BCUT2D eigenvalue weighted by atomic mass is 16.2. The van der Waals surface area contributed by atoms with Crippen LogP contribution >= 0.6 is 0 Å². The maximum absolute atomic E-state index is 13.0. The predicted octanol–water partition coefficient (Wildman–Crippen LogP) is 1.98. The number of likely N-dealkylation sites (tertiary alicyclic amines) is 1. The maximum atomic E-state index is 13.0. The number of piperidine rings is 1. The second kappa shape index (κ2) is 8.22. The number of fused-ring (bicyclic) bond motifs is 1. The molecule has 0 aliphatic carbocycles. The zero-order chi connectivity index (χ0) is 18.6. The monoisotopic (exact) mass is 371 g/mol. The van der Waals surface area contributed by atoms with Crippen LogP contribution in [-0.4, -0.2) is 88.5 Å². The van der Waals surface area contributed by atoms with Crippen LogP contribution in [0, 0.1) is 0 Å².